The van der Waals surface area contributed by atoms with E-state index >= 15 is 0 Å². The molecule has 6 nitrogen and oxygen atoms in total. The van der Waals surface area contributed by atoms with Crippen molar-refractivity contribution in [3.8, 4) is 5.75 Å². The van der Waals surface area contributed by atoms with Gasteiger partial charge in [-0.05, 0) is 69.3 Å². The number of anilines is 1. The Morgan fingerprint density at radius 1 is 1.10 bits per heavy atom. The van der Waals surface area contributed by atoms with Gasteiger partial charge in [-0.25, -0.2) is 0 Å². The molecule has 0 spiro atoms. The fourth-order valence-electron chi connectivity index (χ4n) is 3.39. The van der Waals surface area contributed by atoms with Gasteiger partial charge in [0, 0.05) is 40.8 Å². The molecule has 0 aliphatic carbocycles. The number of likely N-dealkylation sites (N-methyl/N-ethyl adjacent to an activating group) is 1. The molecule has 31 heavy (non-hydrogen) atoms. The highest BCUT2D eigenvalue weighted by Gasteiger charge is 2.16. The Bertz CT molecular complexity index is 1040. The number of rotatable bonds is 9. The number of benzene rings is 2. The molecule has 0 aliphatic rings. The van der Waals surface area contributed by atoms with Crippen LogP contribution in [-0.4, -0.2) is 46.7 Å². The first-order valence-electron chi connectivity index (χ1n) is 10.4. The summed E-state index contributed by atoms with van der Waals surface area (Å²) >= 11 is 1.50. The van der Waals surface area contributed by atoms with Crippen LogP contribution in [0.1, 0.15) is 20.8 Å². The van der Waals surface area contributed by atoms with Crippen LogP contribution in [0.4, 0.5) is 5.69 Å². The van der Waals surface area contributed by atoms with Crippen LogP contribution >= 0.6 is 11.8 Å². The first-order chi connectivity index (χ1) is 14.9. The van der Waals surface area contributed by atoms with Gasteiger partial charge in [-0.2, -0.15) is 0 Å². The van der Waals surface area contributed by atoms with Crippen LogP contribution in [0.2, 0.25) is 0 Å². The molecule has 2 aromatic carbocycles. The summed E-state index contributed by atoms with van der Waals surface area (Å²) in [5.74, 6) is 0.834. The average Bonchev–Trinajstić information content (AvgIpc) is 3.17. The molecule has 1 unspecified atom stereocenters. The second kappa shape index (κ2) is 10.4. The smallest absolute Gasteiger partial charge is 0.242 e. The molecular formula is C24H29N3O3S. The topological polar surface area (TPSA) is 63.6 Å². The van der Waals surface area contributed by atoms with Crippen LogP contribution in [0.25, 0.3) is 10.9 Å². The van der Waals surface area contributed by atoms with Crippen molar-refractivity contribution in [3.05, 3.63) is 54.7 Å². The van der Waals surface area contributed by atoms with E-state index in [-0.39, 0.29) is 17.1 Å². The lowest BCUT2D eigenvalue weighted by atomic mass is 10.2. The maximum Gasteiger partial charge on any atom is 0.242 e. The lowest BCUT2D eigenvalue weighted by molar-refractivity contribution is -0.131. The number of hydrogen-bond acceptors (Lipinski definition) is 4. The molecule has 7 heteroatoms. The minimum atomic E-state index is -0.250. The van der Waals surface area contributed by atoms with Crippen molar-refractivity contribution in [1.29, 1.82) is 0 Å². The molecule has 0 bridgehead atoms. The molecule has 0 aliphatic heterocycles. The van der Waals surface area contributed by atoms with Crippen LogP contribution in [0, 0.1) is 0 Å². The number of methoxy groups -OCH3 is 1. The first-order valence-corrected chi connectivity index (χ1v) is 11.3. The highest BCUT2D eigenvalue weighted by Crippen LogP contribution is 2.27. The van der Waals surface area contributed by atoms with Crippen molar-refractivity contribution in [1.82, 2.24) is 9.47 Å². The number of nitrogens with zero attached hydrogens (tertiary/aromatic N) is 2. The zero-order valence-electron chi connectivity index (χ0n) is 18.4. The molecule has 2 amide bonds. The van der Waals surface area contributed by atoms with E-state index in [0.29, 0.717) is 19.6 Å². The summed E-state index contributed by atoms with van der Waals surface area (Å²) in [7, 11) is 1.63. The number of fused-ring (bicyclic) bond motifs is 1. The fraction of sp³-hybridized carbons (Fsp3) is 0.333. The molecule has 1 aromatic heterocycles. The molecule has 1 heterocycles. The van der Waals surface area contributed by atoms with Gasteiger partial charge in [0.15, 0.2) is 0 Å². The largest absolute Gasteiger partial charge is 0.497 e. The van der Waals surface area contributed by atoms with Gasteiger partial charge in [0.1, 0.15) is 12.3 Å². The van der Waals surface area contributed by atoms with Crippen molar-refractivity contribution in [2.75, 3.05) is 25.5 Å². The molecule has 0 fully saturated rings. The van der Waals surface area contributed by atoms with E-state index in [1.807, 2.05) is 85.0 Å². The quantitative estimate of drug-likeness (QED) is 0.494. The minimum absolute atomic E-state index is 0.0590. The minimum Gasteiger partial charge on any atom is -0.497 e. The van der Waals surface area contributed by atoms with Crippen LogP contribution in [0.3, 0.4) is 0 Å². The molecule has 0 radical (unpaired) electrons. The Morgan fingerprint density at radius 3 is 2.45 bits per heavy atom. The van der Waals surface area contributed by atoms with E-state index < -0.39 is 0 Å². The predicted molar refractivity (Wildman–Crippen MR) is 127 cm³/mol. The third-order valence-corrected chi connectivity index (χ3v) is 6.31. The molecule has 3 rings (SSSR count). The standard InChI is InChI=1S/C24H29N3O3S/c1-5-26(6-2)23(28)16-27-14-13-18-15-19(7-12-22(18)27)25-24(29)17(3)31-21-10-8-20(30-4)9-11-21/h7-15,17H,5-6,16H2,1-4H3,(H,25,29). The van der Waals surface area contributed by atoms with Gasteiger partial charge in [0.25, 0.3) is 0 Å². The van der Waals surface area contributed by atoms with E-state index in [4.69, 9.17) is 4.74 Å². The summed E-state index contributed by atoms with van der Waals surface area (Å²) in [6.45, 7) is 7.58. The van der Waals surface area contributed by atoms with Gasteiger partial charge in [0.2, 0.25) is 11.8 Å². The SMILES string of the molecule is CCN(CC)C(=O)Cn1ccc2cc(NC(=O)C(C)Sc3ccc(OC)cc3)ccc21. The van der Waals surface area contributed by atoms with Gasteiger partial charge in [-0.15, -0.1) is 11.8 Å². The zero-order chi connectivity index (χ0) is 22.4. The molecule has 3 aromatic rings. The normalized spacial score (nSPS) is 11.9. The first kappa shape index (κ1) is 22.7. The molecule has 1 atom stereocenters. The summed E-state index contributed by atoms with van der Waals surface area (Å²) in [5.41, 5.74) is 1.71. The van der Waals surface area contributed by atoms with E-state index in [1.54, 1.807) is 7.11 Å². The summed E-state index contributed by atoms with van der Waals surface area (Å²) in [5, 5.41) is 3.73. The summed E-state index contributed by atoms with van der Waals surface area (Å²) in [6.07, 6.45) is 1.92. The molecule has 0 saturated heterocycles. The summed E-state index contributed by atoms with van der Waals surface area (Å²) in [4.78, 5) is 27.9. The number of carbonyl (C=O) groups excluding carboxylic acids is 2. The summed E-state index contributed by atoms with van der Waals surface area (Å²) < 4.78 is 7.12. The number of carbonyl (C=O) groups is 2. The molecule has 164 valence electrons. The van der Waals surface area contributed by atoms with Gasteiger partial charge >= 0.3 is 0 Å². The van der Waals surface area contributed by atoms with E-state index in [1.165, 1.54) is 11.8 Å². The molecule has 0 saturated carbocycles. The monoisotopic (exact) mass is 439 g/mol. The van der Waals surface area contributed by atoms with Crippen molar-refractivity contribution >= 4 is 40.2 Å². The number of hydrogen-bond donors (Lipinski definition) is 1. The Hall–Kier alpha value is -2.93. The van der Waals surface area contributed by atoms with Crippen molar-refractivity contribution in [3.63, 3.8) is 0 Å². The van der Waals surface area contributed by atoms with E-state index in [0.717, 1.165) is 27.2 Å². The van der Waals surface area contributed by atoms with Crippen LogP contribution in [0.5, 0.6) is 5.75 Å². The van der Waals surface area contributed by atoms with Crippen molar-refractivity contribution in [2.24, 2.45) is 0 Å². The predicted octanol–water partition coefficient (Wildman–Crippen LogP) is 4.64. The molecule has 1 N–H and O–H groups in total. The Morgan fingerprint density at radius 2 is 1.81 bits per heavy atom. The maximum absolute atomic E-state index is 12.7. The van der Waals surface area contributed by atoms with Crippen LogP contribution in [-0.2, 0) is 16.1 Å². The number of thioether (sulfide) groups is 1. The third-order valence-electron chi connectivity index (χ3n) is 5.20. The second-order valence-corrected chi connectivity index (χ2v) is 8.62. The Kier molecular flexibility index (Phi) is 7.63. The van der Waals surface area contributed by atoms with Gasteiger partial charge in [-0.3, -0.25) is 9.59 Å². The lowest BCUT2D eigenvalue weighted by Gasteiger charge is -2.19. The highest BCUT2D eigenvalue weighted by atomic mass is 32.2. The maximum atomic E-state index is 12.7. The van der Waals surface area contributed by atoms with E-state index in [2.05, 4.69) is 5.32 Å². The van der Waals surface area contributed by atoms with Gasteiger partial charge < -0.3 is 19.5 Å². The Labute approximate surface area is 187 Å². The van der Waals surface area contributed by atoms with Crippen LogP contribution < -0.4 is 10.1 Å². The molecular weight excluding hydrogens is 410 g/mol. The fourth-order valence-corrected chi connectivity index (χ4v) is 4.26. The zero-order valence-corrected chi connectivity index (χ0v) is 19.2. The Balaban J connectivity index is 1.65. The lowest BCUT2D eigenvalue weighted by Crippen LogP contribution is -2.33. The van der Waals surface area contributed by atoms with Gasteiger partial charge in [-0.1, -0.05) is 0 Å². The average molecular weight is 440 g/mol. The number of amides is 2. The van der Waals surface area contributed by atoms with E-state index in [9.17, 15) is 9.59 Å². The third kappa shape index (κ3) is 5.61. The van der Waals surface area contributed by atoms with Crippen molar-refractivity contribution in [2.45, 2.75) is 37.5 Å². The number of ether oxygens (including phenoxy) is 1. The number of nitrogens with one attached hydrogen (secondary N) is 1. The summed E-state index contributed by atoms with van der Waals surface area (Å²) in [6, 6.07) is 15.4. The van der Waals surface area contributed by atoms with Gasteiger partial charge in [0.05, 0.1) is 12.4 Å². The highest BCUT2D eigenvalue weighted by molar-refractivity contribution is 8.00. The number of aromatic nitrogens is 1. The van der Waals surface area contributed by atoms with Crippen LogP contribution in [0.15, 0.2) is 59.6 Å². The van der Waals surface area contributed by atoms with Crippen molar-refractivity contribution < 1.29 is 14.3 Å². The second-order valence-electron chi connectivity index (χ2n) is 7.21.